The zero-order valence-corrected chi connectivity index (χ0v) is 14.4. The summed E-state index contributed by atoms with van der Waals surface area (Å²) in [6.07, 6.45) is 1.91. The Kier molecular flexibility index (Phi) is 3.52. The summed E-state index contributed by atoms with van der Waals surface area (Å²) in [6, 6.07) is 7.58. The van der Waals surface area contributed by atoms with E-state index in [0.29, 0.717) is 10.8 Å². The van der Waals surface area contributed by atoms with Crippen molar-refractivity contribution >= 4 is 54.9 Å². The summed E-state index contributed by atoms with van der Waals surface area (Å²) in [5.74, 6) is 0.590. The Balaban J connectivity index is 2.35. The SMILES string of the molecule is Cc1cc(Br)cn2c(N)c(-c3cc(Cl)ccc3Br)nc12. The molecular weight excluding hydrogens is 405 g/mol. The van der Waals surface area contributed by atoms with Crippen molar-refractivity contribution in [3.63, 3.8) is 0 Å². The number of pyridine rings is 1. The molecule has 0 radical (unpaired) electrons. The molecule has 0 bridgehead atoms. The number of halogens is 3. The Labute approximate surface area is 138 Å². The summed E-state index contributed by atoms with van der Waals surface area (Å²) in [5.41, 5.74) is 9.74. The number of fused-ring (bicyclic) bond motifs is 1. The molecule has 0 saturated carbocycles. The van der Waals surface area contributed by atoms with Crippen LogP contribution in [0.3, 0.4) is 0 Å². The second kappa shape index (κ2) is 5.06. The minimum absolute atomic E-state index is 0.590. The molecule has 0 aliphatic heterocycles. The largest absolute Gasteiger partial charge is 0.383 e. The molecule has 2 aromatic heterocycles. The van der Waals surface area contributed by atoms with Crippen LogP contribution in [0.5, 0.6) is 0 Å². The quantitative estimate of drug-likeness (QED) is 0.603. The fourth-order valence-corrected chi connectivity index (χ4v) is 3.32. The van der Waals surface area contributed by atoms with Gasteiger partial charge in [-0.05, 0) is 52.7 Å². The molecule has 0 aliphatic carbocycles. The first-order chi connectivity index (χ1) is 9.47. The third-order valence-electron chi connectivity index (χ3n) is 3.09. The van der Waals surface area contributed by atoms with Crippen molar-refractivity contribution in [3.8, 4) is 11.3 Å². The molecule has 0 saturated heterocycles. The first-order valence-electron chi connectivity index (χ1n) is 5.86. The molecule has 102 valence electrons. The summed E-state index contributed by atoms with van der Waals surface area (Å²) in [6.45, 7) is 2.00. The molecule has 1 aromatic carbocycles. The first kappa shape index (κ1) is 13.9. The summed E-state index contributed by atoms with van der Waals surface area (Å²) in [7, 11) is 0. The van der Waals surface area contributed by atoms with E-state index in [0.717, 1.165) is 31.4 Å². The predicted molar refractivity (Wildman–Crippen MR) is 90.2 cm³/mol. The summed E-state index contributed by atoms with van der Waals surface area (Å²) >= 11 is 13.1. The fraction of sp³-hybridized carbons (Fsp3) is 0.0714. The molecule has 3 aromatic rings. The maximum Gasteiger partial charge on any atom is 0.142 e. The topological polar surface area (TPSA) is 43.3 Å². The molecule has 20 heavy (non-hydrogen) atoms. The van der Waals surface area contributed by atoms with E-state index in [9.17, 15) is 0 Å². The summed E-state index contributed by atoms with van der Waals surface area (Å²) < 4.78 is 3.75. The number of nitrogens with zero attached hydrogens (tertiary/aromatic N) is 2. The molecular formula is C14H10Br2ClN3. The van der Waals surface area contributed by atoms with Gasteiger partial charge >= 0.3 is 0 Å². The van der Waals surface area contributed by atoms with Gasteiger partial charge in [0.25, 0.3) is 0 Å². The van der Waals surface area contributed by atoms with Crippen LogP contribution in [0.25, 0.3) is 16.9 Å². The predicted octanol–water partition coefficient (Wildman–Crippen LogP) is 5.07. The number of hydrogen-bond donors (Lipinski definition) is 1. The minimum atomic E-state index is 0.590. The van der Waals surface area contributed by atoms with Gasteiger partial charge in [0, 0.05) is 25.7 Å². The zero-order valence-electron chi connectivity index (χ0n) is 10.5. The lowest BCUT2D eigenvalue weighted by atomic mass is 10.1. The maximum absolute atomic E-state index is 6.24. The summed E-state index contributed by atoms with van der Waals surface area (Å²) in [5, 5.41) is 0.651. The molecule has 0 unspecified atom stereocenters. The van der Waals surface area contributed by atoms with Crippen molar-refractivity contribution in [3.05, 3.63) is 50.0 Å². The van der Waals surface area contributed by atoms with Crippen molar-refractivity contribution in [2.24, 2.45) is 0 Å². The number of anilines is 1. The van der Waals surface area contributed by atoms with Gasteiger partial charge in [0.05, 0.1) is 0 Å². The molecule has 6 heteroatoms. The maximum atomic E-state index is 6.24. The third kappa shape index (κ3) is 2.24. The molecule has 3 nitrogen and oxygen atoms in total. The lowest BCUT2D eigenvalue weighted by Gasteiger charge is -2.03. The van der Waals surface area contributed by atoms with Crippen LogP contribution in [-0.4, -0.2) is 9.38 Å². The molecule has 0 aliphatic rings. The zero-order chi connectivity index (χ0) is 14.4. The van der Waals surface area contributed by atoms with Gasteiger partial charge in [0.2, 0.25) is 0 Å². The molecule has 2 N–H and O–H groups in total. The van der Waals surface area contributed by atoms with E-state index in [1.165, 1.54) is 0 Å². The average molecular weight is 416 g/mol. The van der Waals surface area contributed by atoms with Crippen LogP contribution >= 0.6 is 43.5 Å². The van der Waals surface area contributed by atoms with Crippen LogP contribution < -0.4 is 5.73 Å². The van der Waals surface area contributed by atoms with Crippen LogP contribution in [-0.2, 0) is 0 Å². The van der Waals surface area contributed by atoms with Crippen LogP contribution in [0.4, 0.5) is 5.82 Å². The smallest absolute Gasteiger partial charge is 0.142 e. The summed E-state index contributed by atoms with van der Waals surface area (Å²) in [4.78, 5) is 4.65. The van der Waals surface area contributed by atoms with Gasteiger partial charge in [-0.1, -0.05) is 27.5 Å². The van der Waals surface area contributed by atoms with Crippen molar-refractivity contribution in [1.82, 2.24) is 9.38 Å². The first-order valence-corrected chi connectivity index (χ1v) is 7.83. The Hall–Kier alpha value is -1.04. The van der Waals surface area contributed by atoms with E-state index in [4.69, 9.17) is 17.3 Å². The fourth-order valence-electron chi connectivity index (χ4n) is 2.16. The van der Waals surface area contributed by atoms with Crippen molar-refractivity contribution in [1.29, 1.82) is 0 Å². The highest BCUT2D eigenvalue weighted by atomic mass is 79.9. The molecule has 0 amide bonds. The number of nitrogen functional groups attached to an aromatic ring is 1. The van der Waals surface area contributed by atoms with E-state index in [1.54, 1.807) is 0 Å². The normalized spacial score (nSPS) is 11.2. The van der Waals surface area contributed by atoms with Gasteiger partial charge < -0.3 is 5.73 Å². The van der Waals surface area contributed by atoms with Crippen LogP contribution in [0, 0.1) is 6.92 Å². The number of nitrogens with two attached hydrogens (primary N) is 1. The number of rotatable bonds is 1. The monoisotopic (exact) mass is 413 g/mol. The van der Waals surface area contributed by atoms with E-state index < -0.39 is 0 Å². The number of aryl methyl sites for hydroxylation is 1. The van der Waals surface area contributed by atoms with Gasteiger partial charge in [-0.2, -0.15) is 0 Å². The third-order valence-corrected chi connectivity index (χ3v) is 4.45. The molecule has 2 heterocycles. The Morgan fingerprint density at radius 1 is 1.25 bits per heavy atom. The Morgan fingerprint density at radius 2 is 2.00 bits per heavy atom. The van der Waals surface area contributed by atoms with Crippen molar-refractivity contribution < 1.29 is 0 Å². The Bertz CT molecular complexity index is 827. The van der Waals surface area contributed by atoms with E-state index in [2.05, 4.69) is 36.8 Å². The van der Waals surface area contributed by atoms with Crippen LogP contribution in [0.1, 0.15) is 5.56 Å². The molecule has 0 fully saturated rings. The molecule has 3 rings (SSSR count). The van der Waals surface area contributed by atoms with Crippen molar-refractivity contribution in [2.75, 3.05) is 5.73 Å². The molecule has 0 spiro atoms. The highest BCUT2D eigenvalue weighted by molar-refractivity contribution is 9.10. The van der Waals surface area contributed by atoms with Gasteiger partial charge in [0.1, 0.15) is 17.2 Å². The van der Waals surface area contributed by atoms with E-state index in [-0.39, 0.29) is 0 Å². The lowest BCUT2D eigenvalue weighted by molar-refractivity contribution is 1.16. The van der Waals surface area contributed by atoms with Gasteiger partial charge in [0.15, 0.2) is 0 Å². The van der Waals surface area contributed by atoms with Gasteiger partial charge in [-0.15, -0.1) is 0 Å². The van der Waals surface area contributed by atoms with Crippen molar-refractivity contribution in [2.45, 2.75) is 6.92 Å². The van der Waals surface area contributed by atoms with Crippen LogP contribution in [0.15, 0.2) is 39.4 Å². The second-order valence-electron chi connectivity index (χ2n) is 4.50. The lowest BCUT2D eigenvalue weighted by Crippen LogP contribution is -1.95. The van der Waals surface area contributed by atoms with Gasteiger partial charge in [-0.25, -0.2) is 4.98 Å². The average Bonchev–Trinajstić information content (AvgIpc) is 2.71. The standard InChI is InChI=1S/C14H10Br2ClN3/c1-7-4-8(15)6-20-13(18)12(19-14(7)20)10-5-9(17)2-3-11(10)16/h2-6H,18H2,1H3. The number of aromatic nitrogens is 2. The number of hydrogen-bond acceptors (Lipinski definition) is 2. The highest BCUT2D eigenvalue weighted by Crippen LogP contribution is 2.35. The van der Waals surface area contributed by atoms with Gasteiger partial charge in [-0.3, -0.25) is 4.40 Å². The number of imidazole rings is 1. The molecule has 0 atom stereocenters. The number of benzene rings is 1. The Morgan fingerprint density at radius 3 is 2.75 bits per heavy atom. The second-order valence-corrected chi connectivity index (χ2v) is 6.71. The highest BCUT2D eigenvalue weighted by Gasteiger charge is 2.16. The minimum Gasteiger partial charge on any atom is -0.383 e. The van der Waals surface area contributed by atoms with E-state index in [1.807, 2.05) is 41.8 Å². The van der Waals surface area contributed by atoms with E-state index >= 15 is 0 Å². The van der Waals surface area contributed by atoms with Crippen LogP contribution in [0.2, 0.25) is 5.02 Å².